The highest BCUT2D eigenvalue weighted by Crippen LogP contribution is 2.37. The van der Waals surface area contributed by atoms with Gasteiger partial charge in [0.25, 0.3) is 0 Å². The Morgan fingerprint density at radius 2 is 1.93 bits per heavy atom. The van der Waals surface area contributed by atoms with Crippen molar-refractivity contribution in [1.29, 1.82) is 0 Å². The van der Waals surface area contributed by atoms with Gasteiger partial charge in [-0.3, -0.25) is 4.90 Å². The summed E-state index contributed by atoms with van der Waals surface area (Å²) < 4.78 is 16.2. The maximum Gasteiger partial charge on any atom is 0.338 e. The molecule has 0 aliphatic carbocycles. The van der Waals surface area contributed by atoms with Crippen LogP contribution >= 0.6 is 0 Å². The first kappa shape index (κ1) is 19.6. The zero-order chi connectivity index (χ0) is 20.2. The zero-order valence-corrected chi connectivity index (χ0v) is 16.7. The van der Waals surface area contributed by atoms with Gasteiger partial charge < -0.3 is 24.8 Å². The molecule has 3 heterocycles. The number of likely N-dealkylation sites (tertiary alicyclic amines) is 1. The molecule has 0 bridgehead atoms. The van der Waals surface area contributed by atoms with Crippen LogP contribution in [0.4, 0.5) is 4.79 Å². The lowest BCUT2D eigenvalue weighted by atomic mass is 9.94. The van der Waals surface area contributed by atoms with Gasteiger partial charge in [-0.1, -0.05) is 18.9 Å². The smallest absolute Gasteiger partial charge is 0.338 e. The summed E-state index contributed by atoms with van der Waals surface area (Å²) in [6.07, 6.45) is 4.68. The lowest BCUT2D eigenvalue weighted by molar-refractivity contribution is -0.139. The first-order valence-electron chi connectivity index (χ1n) is 10.3. The molecule has 8 heteroatoms. The van der Waals surface area contributed by atoms with Crippen molar-refractivity contribution in [3.8, 4) is 11.5 Å². The number of nitrogens with one attached hydrogen (secondary N) is 2. The number of carbonyl (C=O) groups excluding carboxylic acids is 2. The Morgan fingerprint density at radius 3 is 2.69 bits per heavy atom. The van der Waals surface area contributed by atoms with Gasteiger partial charge in [-0.15, -0.1) is 0 Å². The lowest BCUT2D eigenvalue weighted by Gasteiger charge is -2.32. The van der Waals surface area contributed by atoms with Gasteiger partial charge in [-0.25, -0.2) is 9.59 Å². The van der Waals surface area contributed by atoms with E-state index in [1.54, 1.807) is 19.1 Å². The number of carbonyl (C=O) groups is 2. The molecule has 4 rings (SSSR count). The van der Waals surface area contributed by atoms with E-state index in [-0.39, 0.29) is 19.4 Å². The third-order valence-electron chi connectivity index (χ3n) is 5.46. The average Bonchev–Trinajstić information content (AvgIpc) is 3.03. The van der Waals surface area contributed by atoms with Gasteiger partial charge in [0.2, 0.25) is 6.79 Å². The molecule has 1 atom stereocenters. The second-order valence-electron chi connectivity index (χ2n) is 7.45. The minimum atomic E-state index is -0.612. The Labute approximate surface area is 170 Å². The Hall–Kier alpha value is -2.74. The third kappa shape index (κ3) is 4.32. The first-order valence-corrected chi connectivity index (χ1v) is 10.3. The maximum absolute atomic E-state index is 12.9. The number of urea groups is 1. The largest absolute Gasteiger partial charge is 0.463 e. The number of amides is 2. The van der Waals surface area contributed by atoms with E-state index in [1.807, 2.05) is 6.07 Å². The number of hydrogen-bond donors (Lipinski definition) is 2. The summed E-state index contributed by atoms with van der Waals surface area (Å²) in [4.78, 5) is 27.6. The number of hydrogen-bond acceptors (Lipinski definition) is 6. The lowest BCUT2D eigenvalue weighted by Crippen LogP contribution is -2.48. The summed E-state index contributed by atoms with van der Waals surface area (Å²) in [5.41, 5.74) is 1.80. The molecule has 29 heavy (non-hydrogen) atoms. The van der Waals surface area contributed by atoms with Crippen molar-refractivity contribution >= 4 is 12.0 Å². The van der Waals surface area contributed by atoms with Gasteiger partial charge in [0, 0.05) is 12.2 Å². The molecule has 156 valence electrons. The quantitative estimate of drug-likeness (QED) is 0.737. The molecular formula is C21H27N3O5. The Kier molecular flexibility index (Phi) is 5.89. The number of rotatable bonds is 5. The predicted molar refractivity (Wildman–Crippen MR) is 106 cm³/mol. The predicted octanol–water partition coefficient (Wildman–Crippen LogP) is 2.46. The molecule has 3 aliphatic rings. The van der Waals surface area contributed by atoms with Crippen LogP contribution < -0.4 is 20.1 Å². The standard InChI is InChI=1S/C21H27N3O5/c1-2-27-20(25)18-15(12-24-9-5-3-4-6-10-24)22-21(26)23-19(18)14-7-8-16-17(11-14)29-13-28-16/h7-8,11,19H,2-6,9-10,12-13H2,1H3,(H2,22,23,26)/t19-/m1/s1. The monoisotopic (exact) mass is 401 g/mol. The molecule has 2 amide bonds. The van der Waals surface area contributed by atoms with E-state index in [1.165, 1.54) is 12.8 Å². The van der Waals surface area contributed by atoms with E-state index in [9.17, 15) is 9.59 Å². The molecular weight excluding hydrogens is 374 g/mol. The van der Waals surface area contributed by atoms with Crippen LogP contribution in [0.15, 0.2) is 29.5 Å². The van der Waals surface area contributed by atoms with Crippen LogP contribution in [0.2, 0.25) is 0 Å². The van der Waals surface area contributed by atoms with Crippen LogP contribution in [0.25, 0.3) is 0 Å². The fourth-order valence-electron chi connectivity index (χ4n) is 4.05. The summed E-state index contributed by atoms with van der Waals surface area (Å²) in [6.45, 7) is 4.63. The van der Waals surface area contributed by atoms with E-state index in [0.717, 1.165) is 31.5 Å². The number of nitrogens with zero attached hydrogens (tertiary/aromatic N) is 1. The van der Waals surface area contributed by atoms with Crippen LogP contribution in [-0.4, -0.2) is 49.9 Å². The fourth-order valence-corrected chi connectivity index (χ4v) is 4.05. The molecule has 8 nitrogen and oxygen atoms in total. The minimum absolute atomic E-state index is 0.165. The molecule has 0 saturated carbocycles. The van der Waals surface area contributed by atoms with E-state index in [2.05, 4.69) is 15.5 Å². The van der Waals surface area contributed by atoms with Crippen molar-refractivity contribution in [1.82, 2.24) is 15.5 Å². The highest BCUT2D eigenvalue weighted by atomic mass is 16.7. The van der Waals surface area contributed by atoms with Crippen molar-refractivity contribution in [3.63, 3.8) is 0 Å². The zero-order valence-electron chi connectivity index (χ0n) is 16.7. The van der Waals surface area contributed by atoms with Crippen LogP contribution in [0.1, 0.15) is 44.2 Å². The molecule has 1 aromatic carbocycles. The molecule has 3 aliphatic heterocycles. The van der Waals surface area contributed by atoms with Crippen LogP contribution in [0, 0.1) is 0 Å². The SMILES string of the molecule is CCOC(=O)C1=C(CN2CCCCCC2)NC(=O)N[C@@H]1c1ccc2c(c1)OCO2. The van der Waals surface area contributed by atoms with E-state index < -0.39 is 12.0 Å². The Balaban J connectivity index is 1.69. The molecule has 1 aromatic rings. The Bertz CT molecular complexity index is 815. The van der Waals surface area contributed by atoms with Gasteiger partial charge in [-0.05, 0) is 50.6 Å². The van der Waals surface area contributed by atoms with Crippen molar-refractivity contribution in [3.05, 3.63) is 35.0 Å². The van der Waals surface area contributed by atoms with Gasteiger partial charge >= 0.3 is 12.0 Å². The maximum atomic E-state index is 12.9. The normalized spacial score (nSPS) is 22.0. The third-order valence-corrected chi connectivity index (χ3v) is 5.46. The van der Waals surface area contributed by atoms with E-state index >= 15 is 0 Å². The number of benzene rings is 1. The average molecular weight is 401 g/mol. The molecule has 1 fully saturated rings. The van der Waals surface area contributed by atoms with Crippen molar-refractivity contribution in [2.24, 2.45) is 0 Å². The van der Waals surface area contributed by atoms with Crippen molar-refractivity contribution in [2.75, 3.05) is 33.0 Å². The molecule has 1 saturated heterocycles. The molecule has 0 radical (unpaired) electrons. The number of esters is 1. The van der Waals surface area contributed by atoms with E-state index in [4.69, 9.17) is 14.2 Å². The summed E-state index contributed by atoms with van der Waals surface area (Å²) in [6, 6.07) is 4.50. The van der Waals surface area contributed by atoms with Crippen molar-refractivity contribution < 1.29 is 23.8 Å². The molecule has 0 unspecified atom stereocenters. The molecule has 2 N–H and O–H groups in total. The van der Waals surface area contributed by atoms with Crippen LogP contribution in [0.5, 0.6) is 11.5 Å². The second kappa shape index (κ2) is 8.73. The van der Waals surface area contributed by atoms with Crippen molar-refractivity contribution in [2.45, 2.75) is 38.6 Å². The Morgan fingerprint density at radius 1 is 1.17 bits per heavy atom. The summed E-state index contributed by atoms with van der Waals surface area (Å²) >= 11 is 0. The number of fused-ring (bicyclic) bond motifs is 1. The number of ether oxygens (including phenoxy) is 3. The minimum Gasteiger partial charge on any atom is -0.463 e. The van der Waals surface area contributed by atoms with Gasteiger partial charge in [0.05, 0.1) is 18.2 Å². The van der Waals surface area contributed by atoms with Gasteiger partial charge in [0.15, 0.2) is 11.5 Å². The topological polar surface area (TPSA) is 89.1 Å². The first-order chi connectivity index (χ1) is 14.2. The van der Waals surface area contributed by atoms with Gasteiger partial charge in [-0.2, -0.15) is 0 Å². The fraction of sp³-hybridized carbons (Fsp3) is 0.524. The summed E-state index contributed by atoms with van der Waals surface area (Å²) in [5.74, 6) is 0.834. The highest BCUT2D eigenvalue weighted by Gasteiger charge is 2.35. The molecule has 0 spiro atoms. The van der Waals surface area contributed by atoms with Gasteiger partial charge in [0.1, 0.15) is 0 Å². The summed E-state index contributed by atoms with van der Waals surface area (Å²) in [5, 5.41) is 5.73. The molecule has 0 aromatic heterocycles. The second-order valence-corrected chi connectivity index (χ2v) is 7.45. The summed E-state index contributed by atoms with van der Waals surface area (Å²) in [7, 11) is 0. The van der Waals surface area contributed by atoms with Crippen LogP contribution in [0.3, 0.4) is 0 Å². The highest BCUT2D eigenvalue weighted by molar-refractivity contribution is 5.95. The van der Waals surface area contributed by atoms with E-state index in [0.29, 0.717) is 29.3 Å². The van der Waals surface area contributed by atoms with Crippen LogP contribution in [-0.2, 0) is 9.53 Å².